The molecule has 1 aromatic carbocycles. The van der Waals surface area contributed by atoms with E-state index in [0.29, 0.717) is 36.6 Å². The number of aromatic nitrogens is 1. The largest absolute Gasteiger partial charge is 0.447 e. The van der Waals surface area contributed by atoms with Crippen LogP contribution in [0.1, 0.15) is 60.8 Å². The number of aryl methyl sites for hydroxylation is 2. The fourth-order valence-electron chi connectivity index (χ4n) is 2.95. The van der Waals surface area contributed by atoms with Gasteiger partial charge in [0.2, 0.25) is 5.89 Å². The van der Waals surface area contributed by atoms with Gasteiger partial charge in [-0.3, -0.25) is 9.69 Å². The summed E-state index contributed by atoms with van der Waals surface area (Å²) in [6.07, 6.45) is 1.47. The molecule has 2 rings (SSSR count). The lowest BCUT2D eigenvalue weighted by Crippen LogP contribution is -2.36. The van der Waals surface area contributed by atoms with Crippen molar-refractivity contribution in [1.82, 2.24) is 14.8 Å². The lowest BCUT2D eigenvalue weighted by atomic mass is 10.0. The zero-order valence-electron chi connectivity index (χ0n) is 17.7. The van der Waals surface area contributed by atoms with Crippen LogP contribution < -0.4 is 0 Å². The number of benzene rings is 1. The Hall–Kier alpha value is -2.14. The molecule has 0 radical (unpaired) electrons. The van der Waals surface area contributed by atoms with E-state index in [-0.39, 0.29) is 5.91 Å². The predicted molar refractivity (Wildman–Crippen MR) is 109 cm³/mol. The van der Waals surface area contributed by atoms with E-state index in [1.54, 1.807) is 11.9 Å². The highest BCUT2D eigenvalue weighted by Gasteiger charge is 2.22. The van der Waals surface area contributed by atoms with E-state index < -0.39 is 0 Å². The summed E-state index contributed by atoms with van der Waals surface area (Å²) >= 11 is 0. The first kappa shape index (κ1) is 21.2. The van der Waals surface area contributed by atoms with Crippen LogP contribution >= 0.6 is 0 Å². The Bertz CT molecular complexity index is 767. The van der Waals surface area contributed by atoms with Crippen molar-refractivity contribution in [3.8, 4) is 0 Å². The van der Waals surface area contributed by atoms with Crippen LogP contribution in [-0.4, -0.2) is 40.3 Å². The molecule has 0 spiro atoms. The van der Waals surface area contributed by atoms with Gasteiger partial charge < -0.3 is 9.32 Å². The highest BCUT2D eigenvalue weighted by Crippen LogP contribution is 2.20. The first-order valence-corrected chi connectivity index (χ1v) is 9.73. The van der Waals surface area contributed by atoms with E-state index in [1.165, 1.54) is 23.0 Å². The summed E-state index contributed by atoms with van der Waals surface area (Å²) in [7, 11) is 1.77. The molecule has 0 aliphatic carbocycles. The fraction of sp³-hybridized carbons (Fsp3) is 0.545. The summed E-state index contributed by atoms with van der Waals surface area (Å²) in [5.74, 6) is 0.976. The van der Waals surface area contributed by atoms with E-state index in [2.05, 4.69) is 62.7 Å². The molecule has 0 saturated carbocycles. The highest BCUT2D eigenvalue weighted by molar-refractivity contribution is 5.91. The van der Waals surface area contributed by atoms with E-state index in [9.17, 15) is 4.79 Å². The van der Waals surface area contributed by atoms with Crippen LogP contribution in [-0.2, 0) is 13.1 Å². The molecule has 0 bridgehead atoms. The van der Waals surface area contributed by atoms with Crippen molar-refractivity contribution < 1.29 is 9.21 Å². The summed E-state index contributed by atoms with van der Waals surface area (Å²) in [6.45, 7) is 14.9. The molecule has 0 fully saturated rings. The van der Waals surface area contributed by atoms with E-state index >= 15 is 0 Å². The van der Waals surface area contributed by atoms with Crippen molar-refractivity contribution >= 4 is 5.91 Å². The van der Waals surface area contributed by atoms with Crippen molar-refractivity contribution in [3.63, 3.8) is 0 Å². The van der Waals surface area contributed by atoms with Crippen molar-refractivity contribution in [3.05, 3.63) is 52.7 Å². The molecule has 1 unspecified atom stereocenters. The molecule has 0 aliphatic heterocycles. The number of nitrogens with zero attached hydrogens (tertiary/aromatic N) is 3. The van der Waals surface area contributed by atoms with Crippen LogP contribution in [0.3, 0.4) is 0 Å². The molecule has 148 valence electrons. The molecule has 0 saturated heterocycles. The molecule has 5 heteroatoms. The molecule has 27 heavy (non-hydrogen) atoms. The number of rotatable bonds is 8. The van der Waals surface area contributed by atoms with Gasteiger partial charge in [0, 0.05) is 26.2 Å². The number of carbonyl (C=O) groups excluding carboxylic acids is 1. The second kappa shape index (κ2) is 9.18. The molecule has 5 nitrogen and oxygen atoms in total. The minimum absolute atomic E-state index is 0.106. The van der Waals surface area contributed by atoms with Gasteiger partial charge in [0.05, 0.1) is 6.54 Å². The monoisotopic (exact) mass is 371 g/mol. The Morgan fingerprint density at radius 3 is 2.52 bits per heavy atom. The molecule has 1 atom stereocenters. The SMILES string of the molecule is CCN(C)C(=O)c1coc(CN(Cc2cc(C)ccc2C)C(C)C(C)C)n1. The van der Waals surface area contributed by atoms with E-state index in [0.717, 1.165) is 6.54 Å². The molecule has 0 aliphatic rings. The minimum atomic E-state index is -0.106. The molecule has 1 amide bonds. The summed E-state index contributed by atoms with van der Waals surface area (Å²) in [5.41, 5.74) is 4.24. The smallest absolute Gasteiger partial charge is 0.275 e. The zero-order valence-corrected chi connectivity index (χ0v) is 17.7. The van der Waals surface area contributed by atoms with Crippen LogP contribution in [0.15, 0.2) is 28.9 Å². The molecule has 0 N–H and O–H groups in total. The van der Waals surface area contributed by atoms with Gasteiger partial charge in [-0.2, -0.15) is 0 Å². The number of amides is 1. The van der Waals surface area contributed by atoms with Gasteiger partial charge in [-0.05, 0) is 44.7 Å². The summed E-state index contributed by atoms with van der Waals surface area (Å²) in [6, 6.07) is 6.92. The number of oxazole rings is 1. The first-order valence-electron chi connectivity index (χ1n) is 9.73. The Morgan fingerprint density at radius 1 is 1.19 bits per heavy atom. The van der Waals surface area contributed by atoms with Gasteiger partial charge >= 0.3 is 0 Å². The Labute approximate surface area is 163 Å². The van der Waals surface area contributed by atoms with Crippen molar-refractivity contribution in [2.45, 2.75) is 60.7 Å². The van der Waals surface area contributed by atoms with Gasteiger partial charge in [0.15, 0.2) is 5.69 Å². The lowest BCUT2D eigenvalue weighted by molar-refractivity contribution is 0.0796. The van der Waals surface area contributed by atoms with Crippen LogP contribution in [0.5, 0.6) is 0 Å². The lowest BCUT2D eigenvalue weighted by Gasteiger charge is -2.31. The predicted octanol–water partition coefficient (Wildman–Crippen LogP) is 4.43. The average molecular weight is 372 g/mol. The number of hydrogen-bond donors (Lipinski definition) is 0. The third-order valence-electron chi connectivity index (χ3n) is 5.35. The Morgan fingerprint density at radius 2 is 1.89 bits per heavy atom. The molecule has 2 aromatic rings. The molecule has 1 heterocycles. The van der Waals surface area contributed by atoms with Crippen molar-refractivity contribution in [1.29, 1.82) is 0 Å². The van der Waals surface area contributed by atoms with Gasteiger partial charge in [0.25, 0.3) is 5.91 Å². The van der Waals surface area contributed by atoms with Gasteiger partial charge in [-0.15, -0.1) is 0 Å². The minimum Gasteiger partial charge on any atom is -0.447 e. The average Bonchev–Trinajstić information content (AvgIpc) is 3.10. The maximum atomic E-state index is 12.3. The Balaban J connectivity index is 2.22. The van der Waals surface area contributed by atoms with Gasteiger partial charge in [0.1, 0.15) is 6.26 Å². The van der Waals surface area contributed by atoms with Gasteiger partial charge in [-0.1, -0.05) is 37.6 Å². The van der Waals surface area contributed by atoms with Crippen molar-refractivity contribution in [2.24, 2.45) is 5.92 Å². The van der Waals surface area contributed by atoms with Gasteiger partial charge in [-0.25, -0.2) is 4.98 Å². The van der Waals surface area contributed by atoms with Crippen LogP contribution in [0.4, 0.5) is 0 Å². The van der Waals surface area contributed by atoms with Crippen LogP contribution in [0.2, 0.25) is 0 Å². The second-order valence-electron chi connectivity index (χ2n) is 7.77. The zero-order chi connectivity index (χ0) is 20.1. The Kier molecular flexibility index (Phi) is 7.19. The molecule has 1 aromatic heterocycles. The summed E-state index contributed by atoms with van der Waals surface area (Å²) in [5, 5.41) is 0. The van der Waals surface area contributed by atoms with Crippen molar-refractivity contribution in [2.75, 3.05) is 13.6 Å². The topological polar surface area (TPSA) is 49.6 Å². The standard InChI is InChI=1S/C22H33N3O2/c1-8-24(7)22(26)20-14-27-21(23-20)13-25(18(6)15(2)3)12-19-11-16(4)9-10-17(19)5/h9-11,14-15,18H,8,12-13H2,1-7H3. The first-order chi connectivity index (χ1) is 12.7. The maximum absolute atomic E-state index is 12.3. The highest BCUT2D eigenvalue weighted by atomic mass is 16.3. The number of hydrogen-bond acceptors (Lipinski definition) is 4. The third-order valence-corrected chi connectivity index (χ3v) is 5.35. The summed E-state index contributed by atoms with van der Waals surface area (Å²) < 4.78 is 5.63. The fourth-order valence-corrected chi connectivity index (χ4v) is 2.95. The maximum Gasteiger partial charge on any atom is 0.275 e. The van der Waals surface area contributed by atoms with Crippen LogP contribution in [0.25, 0.3) is 0 Å². The van der Waals surface area contributed by atoms with E-state index in [4.69, 9.17) is 4.42 Å². The normalized spacial score (nSPS) is 12.6. The third kappa shape index (κ3) is 5.42. The summed E-state index contributed by atoms with van der Waals surface area (Å²) in [4.78, 5) is 20.7. The van der Waals surface area contributed by atoms with E-state index in [1.807, 2.05) is 6.92 Å². The quantitative estimate of drug-likeness (QED) is 0.689. The molecular weight excluding hydrogens is 338 g/mol. The second-order valence-corrected chi connectivity index (χ2v) is 7.77. The van der Waals surface area contributed by atoms with Crippen LogP contribution in [0, 0.1) is 19.8 Å². The molecular formula is C22H33N3O2. The number of carbonyl (C=O) groups is 1.